The molecule has 196 valence electrons. The predicted octanol–water partition coefficient (Wildman–Crippen LogP) is 6.23. The van der Waals surface area contributed by atoms with Crippen LogP contribution in [0.5, 0.6) is 5.75 Å². The van der Waals surface area contributed by atoms with Crippen molar-refractivity contribution in [2.75, 3.05) is 17.3 Å². The summed E-state index contributed by atoms with van der Waals surface area (Å²) < 4.78 is 5.27. The average molecular weight is 533 g/mol. The molecule has 1 aliphatic heterocycles. The van der Waals surface area contributed by atoms with Gasteiger partial charge in [0.2, 0.25) is 5.91 Å². The van der Waals surface area contributed by atoms with Gasteiger partial charge in [-0.2, -0.15) is 0 Å². The van der Waals surface area contributed by atoms with Gasteiger partial charge in [-0.15, -0.1) is 0 Å². The molecule has 1 heterocycles. The number of Topliss-reactive ketones (excluding diaryl/α,β-unsaturated/α-hetero) is 1. The van der Waals surface area contributed by atoms with Crippen molar-refractivity contribution in [2.24, 2.45) is 0 Å². The van der Waals surface area contributed by atoms with E-state index in [1.165, 1.54) is 25.0 Å². The summed E-state index contributed by atoms with van der Waals surface area (Å²) in [5.74, 6) is -1.91. The molecule has 1 unspecified atom stereocenters. The Kier molecular flexibility index (Phi) is 7.33. The van der Waals surface area contributed by atoms with Crippen LogP contribution in [0.4, 0.5) is 11.4 Å². The lowest BCUT2D eigenvalue weighted by Crippen LogP contribution is -2.29. The molecule has 1 fully saturated rings. The fraction of sp³-hybridized carbons (Fsp3) is 0.233. The highest BCUT2D eigenvalue weighted by atomic mass is 35.5. The Morgan fingerprint density at radius 3 is 2.32 bits per heavy atom. The van der Waals surface area contributed by atoms with E-state index in [-0.39, 0.29) is 27.5 Å². The number of carbonyl (C=O) groups excluding carboxylic acids is 3. The second-order valence-corrected chi connectivity index (χ2v) is 10.5. The zero-order valence-electron chi connectivity index (χ0n) is 21.8. The molecule has 3 aromatic rings. The van der Waals surface area contributed by atoms with Gasteiger partial charge >= 0.3 is 0 Å². The number of nitrogens with zero attached hydrogens (tertiary/aromatic N) is 1. The number of ether oxygens (including phenoxy) is 1. The molecule has 2 N–H and O–H groups in total. The summed E-state index contributed by atoms with van der Waals surface area (Å²) in [4.78, 5) is 39.9. The molecular weight excluding hydrogens is 504 g/mol. The standard InChI is InChI=1S/C30H29ClN2O5/c1-17(34)32-20-7-6-8-21(15-20)33-26(18-9-11-19(12-10-18)30(2,3)4)25(28(36)29(33)37)27(35)23-16-22(38-5)13-14-24(23)31/h6-16,26,35H,1-5H3,(H,32,34)/b27-25+. The van der Waals surface area contributed by atoms with Gasteiger partial charge < -0.3 is 15.2 Å². The molecule has 0 aromatic heterocycles. The van der Waals surface area contributed by atoms with E-state index in [0.29, 0.717) is 22.7 Å². The van der Waals surface area contributed by atoms with Crippen molar-refractivity contribution in [3.63, 3.8) is 0 Å². The average Bonchev–Trinajstić information content (AvgIpc) is 3.13. The Morgan fingerprint density at radius 1 is 1.03 bits per heavy atom. The number of carbonyl (C=O) groups is 3. The minimum Gasteiger partial charge on any atom is -0.507 e. The summed E-state index contributed by atoms with van der Waals surface area (Å²) in [6.07, 6.45) is 0. The van der Waals surface area contributed by atoms with Crippen LogP contribution in [0.1, 0.15) is 50.4 Å². The zero-order valence-corrected chi connectivity index (χ0v) is 22.6. The van der Waals surface area contributed by atoms with E-state index in [0.717, 1.165) is 5.56 Å². The van der Waals surface area contributed by atoms with Crippen molar-refractivity contribution in [1.82, 2.24) is 0 Å². The molecule has 1 saturated heterocycles. The molecule has 0 saturated carbocycles. The fourth-order valence-corrected chi connectivity index (χ4v) is 4.68. The van der Waals surface area contributed by atoms with Crippen molar-refractivity contribution in [1.29, 1.82) is 0 Å². The van der Waals surface area contributed by atoms with Crippen LogP contribution in [0.15, 0.2) is 72.3 Å². The number of methoxy groups -OCH3 is 1. The van der Waals surface area contributed by atoms with Crippen molar-refractivity contribution in [2.45, 2.75) is 39.2 Å². The molecule has 3 aromatic carbocycles. The second-order valence-electron chi connectivity index (χ2n) is 10.1. The SMILES string of the molecule is COc1ccc(Cl)c(/C(O)=C2\C(=O)C(=O)N(c3cccc(NC(C)=O)c3)C2c2ccc(C(C)(C)C)cc2)c1. The summed E-state index contributed by atoms with van der Waals surface area (Å²) in [7, 11) is 1.48. The number of rotatable bonds is 5. The number of aliphatic hydroxyl groups excluding tert-OH is 1. The molecule has 0 bridgehead atoms. The maximum Gasteiger partial charge on any atom is 0.300 e. The molecule has 38 heavy (non-hydrogen) atoms. The Hall–Kier alpha value is -4.10. The number of halogens is 1. The number of anilines is 2. The minimum atomic E-state index is -0.945. The number of benzene rings is 3. The number of amides is 2. The van der Waals surface area contributed by atoms with E-state index < -0.39 is 23.5 Å². The highest BCUT2D eigenvalue weighted by Gasteiger charge is 2.47. The topological polar surface area (TPSA) is 95.9 Å². The van der Waals surface area contributed by atoms with Crippen LogP contribution in [0.2, 0.25) is 5.02 Å². The number of aliphatic hydroxyl groups is 1. The van der Waals surface area contributed by atoms with Crippen molar-refractivity contribution in [3.05, 3.63) is 94.0 Å². The first-order valence-electron chi connectivity index (χ1n) is 12.1. The lowest BCUT2D eigenvalue weighted by Gasteiger charge is -2.27. The van der Waals surface area contributed by atoms with Crippen LogP contribution in [-0.2, 0) is 19.8 Å². The van der Waals surface area contributed by atoms with Gasteiger partial charge in [0.25, 0.3) is 11.7 Å². The first-order chi connectivity index (χ1) is 17.9. The van der Waals surface area contributed by atoms with Crippen LogP contribution in [-0.4, -0.2) is 29.8 Å². The van der Waals surface area contributed by atoms with Gasteiger partial charge in [0, 0.05) is 23.9 Å². The van der Waals surface area contributed by atoms with Gasteiger partial charge in [-0.3, -0.25) is 19.3 Å². The molecule has 0 radical (unpaired) electrons. The van der Waals surface area contributed by atoms with E-state index in [2.05, 4.69) is 26.1 Å². The summed E-state index contributed by atoms with van der Waals surface area (Å²) in [6.45, 7) is 7.65. The largest absolute Gasteiger partial charge is 0.507 e. The lowest BCUT2D eigenvalue weighted by molar-refractivity contribution is -0.132. The Balaban J connectivity index is 1.95. The molecule has 1 atom stereocenters. The number of hydrogen-bond acceptors (Lipinski definition) is 5. The first-order valence-corrected chi connectivity index (χ1v) is 12.4. The van der Waals surface area contributed by atoms with E-state index in [1.54, 1.807) is 36.4 Å². The molecule has 2 amide bonds. The Labute approximate surface area is 226 Å². The highest BCUT2D eigenvalue weighted by molar-refractivity contribution is 6.52. The molecule has 7 nitrogen and oxygen atoms in total. The number of nitrogens with one attached hydrogen (secondary N) is 1. The van der Waals surface area contributed by atoms with Crippen molar-refractivity contribution >= 4 is 46.3 Å². The highest BCUT2D eigenvalue weighted by Crippen LogP contribution is 2.44. The second kappa shape index (κ2) is 10.3. The maximum atomic E-state index is 13.5. The first kappa shape index (κ1) is 26.9. The van der Waals surface area contributed by atoms with Gasteiger partial charge in [0.05, 0.1) is 23.7 Å². The summed E-state index contributed by atoms with van der Waals surface area (Å²) in [6, 6.07) is 18.0. The van der Waals surface area contributed by atoms with Crippen LogP contribution in [0.3, 0.4) is 0 Å². The summed E-state index contributed by atoms with van der Waals surface area (Å²) in [5, 5.41) is 14.3. The molecule has 4 rings (SSSR count). The third-order valence-corrected chi connectivity index (χ3v) is 6.74. The van der Waals surface area contributed by atoms with Gasteiger partial charge in [0.1, 0.15) is 11.5 Å². The van der Waals surface area contributed by atoms with Gasteiger partial charge in [-0.1, -0.05) is 62.7 Å². The van der Waals surface area contributed by atoms with E-state index in [4.69, 9.17) is 16.3 Å². The fourth-order valence-electron chi connectivity index (χ4n) is 4.47. The van der Waals surface area contributed by atoms with E-state index >= 15 is 0 Å². The number of ketones is 1. The van der Waals surface area contributed by atoms with Crippen LogP contribution in [0.25, 0.3) is 5.76 Å². The normalized spacial score (nSPS) is 17.0. The van der Waals surface area contributed by atoms with E-state index in [9.17, 15) is 19.5 Å². The monoisotopic (exact) mass is 532 g/mol. The molecule has 8 heteroatoms. The van der Waals surface area contributed by atoms with Crippen LogP contribution >= 0.6 is 11.6 Å². The van der Waals surface area contributed by atoms with Gasteiger partial charge in [-0.25, -0.2) is 0 Å². The molecule has 0 aliphatic carbocycles. The lowest BCUT2D eigenvalue weighted by atomic mass is 9.85. The third kappa shape index (κ3) is 5.15. The molecule has 1 aliphatic rings. The Morgan fingerprint density at radius 2 is 1.71 bits per heavy atom. The smallest absolute Gasteiger partial charge is 0.300 e. The maximum absolute atomic E-state index is 13.5. The van der Waals surface area contributed by atoms with E-state index in [1.807, 2.05) is 24.3 Å². The minimum absolute atomic E-state index is 0.0985. The summed E-state index contributed by atoms with van der Waals surface area (Å²) >= 11 is 6.40. The predicted molar refractivity (Wildman–Crippen MR) is 149 cm³/mol. The van der Waals surface area contributed by atoms with Crippen LogP contribution in [0, 0.1) is 0 Å². The van der Waals surface area contributed by atoms with Crippen molar-refractivity contribution < 1.29 is 24.2 Å². The van der Waals surface area contributed by atoms with Gasteiger partial charge in [0.15, 0.2) is 0 Å². The quantitative estimate of drug-likeness (QED) is 0.231. The van der Waals surface area contributed by atoms with Crippen LogP contribution < -0.4 is 15.0 Å². The molecule has 0 spiro atoms. The third-order valence-electron chi connectivity index (χ3n) is 6.41. The summed E-state index contributed by atoms with van der Waals surface area (Å²) in [5.41, 5.74) is 2.52. The van der Waals surface area contributed by atoms with Gasteiger partial charge in [-0.05, 0) is 52.9 Å². The number of hydrogen-bond donors (Lipinski definition) is 2. The zero-order chi connectivity index (χ0) is 27.8. The Bertz CT molecular complexity index is 1450. The molecular formula is C30H29ClN2O5. The van der Waals surface area contributed by atoms with Crippen molar-refractivity contribution in [3.8, 4) is 5.75 Å².